The van der Waals surface area contributed by atoms with E-state index in [1.807, 2.05) is 6.92 Å². The molecule has 0 saturated carbocycles. The number of ether oxygens (including phenoxy) is 1. The van der Waals surface area contributed by atoms with Crippen LogP contribution in [0, 0.1) is 19.3 Å². The summed E-state index contributed by atoms with van der Waals surface area (Å²) in [5.41, 5.74) is 0.941. The fraction of sp³-hybridized carbons (Fsp3) is 0.444. The molecule has 1 N–H and O–H groups in total. The number of amides is 1. The van der Waals surface area contributed by atoms with Crippen LogP contribution in [0.1, 0.15) is 24.8 Å². The molecule has 26 heavy (non-hydrogen) atoms. The van der Waals surface area contributed by atoms with Crippen molar-refractivity contribution in [2.24, 2.45) is 0 Å². The number of aryl methyl sites for hydroxylation is 1. The molecule has 0 aromatic heterocycles. The fourth-order valence-corrected chi connectivity index (χ4v) is 4.35. The first-order chi connectivity index (χ1) is 12.4. The second kappa shape index (κ2) is 8.83. The van der Waals surface area contributed by atoms with Crippen LogP contribution >= 0.6 is 0 Å². The number of nitrogens with one attached hydrogen (secondary N) is 1. The lowest BCUT2D eigenvalue weighted by molar-refractivity contribution is -0.153. The van der Waals surface area contributed by atoms with Gasteiger partial charge in [0.15, 0.2) is 6.61 Å². The SMILES string of the molecule is C#CCNC(=O)COC(=O)[C@H]1CCCCN1S(=O)(=O)c1ccc(C)cc1. The molecular weight excluding hydrogens is 356 g/mol. The number of benzene rings is 1. The Morgan fingerprint density at radius 3 is 2.65 bits per heavy atom. The zero-order valence-electron chi connectivity index (χ0n) is 14.6. The van der Waals surface area contributed by atoms with Crippen LogP contribution in [0.4, 0.5) is 0 Å². The quantitative estimate of drug-likeness (QED) is 0.585. The zero-order valence-corrected chi connectivity index (χ0v) is 15.4. The number of rotatable bonds is 6. The summed E-state index contributed by atoms with van der Waals surface area (Å²) in [6, 6.07) is 5.53. The summed E-state index contributed by atoms with van der Waals surface area (Å²) >= 11 is 0. The van der Waals surface area contributed by atoms with E-state index in [1.54, 1.807) is 12.1 Å². The third-order valence-corrected chi connectivity index (χ3v) is 6.01. The van der Waals surface area contributed by atoms with Crippen LogP contribution in [-0.2, 0) is 24.3 Å². The molecule has 1 aromatic carbocycles. The Hall–Kier alpha value is -2.37. The monoisotopic (exact) mass is 378 g/mol. The molecule has 2 rings (SSSR count). The molecule has 0 unspecified atom stereocenters. The topological polar surface area (TPSA) is 92.8 Å². The number of carbonyl (C=O) groups excluding carboxylic acids is 2. The highest BCUT2D eigenvalue weighted by Gasteiger charge is 2.38. The molecule has 0 aliphatic carbocycles. The van der Waals surface area contributed by atoms with E-state index >= 15 is 0 Å². The number of piperidine rings is 1. The lowest BCUT2D eigenvalue weighted by atomic mass is 10.1. The van der Waals surface area contributed by atoms with Gasteiger partial charge in [-0.15, -0.1) is 6.42 Å². The Morgan fingerprint density at radius 2 is 2.00 bits per heavy atom. The Bertz CT molecular complexity index is 796. The maximum atomic E-state index is 12.9. The van der Waals surface area contributed by atoms with Gasteiger partial charge in [0.05, 0.1) is 11.4 Å². The third-order valence-electron chi connectivity index (χ3n) is 4.09. The molecular formula is C18H22N2O5S. The van der Waals surface area contributed by atoms with Crippen LogP contribution in [0.3, 0.4) is 0 Å². The summed E-state index contributed by atoms with van der Waals surface area (Å²) < 4.78 is 32.0. The summed E-state index contributed by atoms with van der Waals surface area (Å²) in [5, 5.41) is 2.38. The van der Waals surface area contributed by atoms with Crippen LogP contribution in [0.5, 0.6) is 0 Å². The Morgan fingerprint density at radius 1 is 1.31 bits per heavy atom. The molecule has 1 fully saturated rings. The molecule has 1 aromatic rings. The minimum absolute atomic E-state index is 0.0355. The molecule has 1 saturated heterocycles. The van der Waals surface area contributed by atoms with Crippen molar-refractivity contribution in [1.82, 2.24) is 9.62 Å². The standard InChI is InChI=1S/C18H22N2O5S/c1-3-11-19-17(21)13-25-18(22)16-6-4-5-12-20(16)26(23,24)15-9-7-14(2)8-10-15/h1,7-10,16H,4-6,11-13H2,2H3,(H,19,21)/t16-/m1/s1. The highest BCUT2D eigenvalue weighted by atomic mass is 32.2. The number of sulfonamides is 1. The fourth-order valence-electron chi connectivity index (χ4n) is 2.71. The lowest BCUT2D eigenvalue weighted by Crippen LogP contribution is -2.49. The molecule has 1 amide bonds. The van der Waals surface area contributed by atoms with E-state index in [0.29, 0.717) is 19.3 Å². The molecule has 8 heteroatoms. The average molecular weight is 378 g/mol. The van der Waals surface area contributed by atoms with Crippen molar-refractivity contribution in [1.29, 1.82) is 0 Å². The van der Waals surface area contributed by atoms with Crippen molar-refractivity contribution in [2.45, 2.75) is 37.1 Å². The largest absolute Gasteiger partial charge is 0.454 e. The van der Waals surface area contributed by atoms with Crippen molar-refractivity contribution in [3.05, 3.63) is 29.8 Å². The van der Waals surface area contributed by atoms with Gasteiger partial charge in [-0.25, -0.2) is 8.42 Å². The number of hydrogen-bond donors (Lipinski definition) is 1. The Balaban J connectivity index is 2.11. The van der Waals surface area contributed by atoms with Gasteiger partial charge in [0.2, 0.25) is 10.0 Å². The highest BCUT2D eigenvalue weighted by molar-refractivity contribution is 7.89. The van der Waals surface area contributed by atoms with E-state index in [2.05, 4.69) is 11.2 Å². The van der Waals surface area contributed by atoms with E-state index in [0.717, 1.165) is 5.56 Å². The van der Waals surface area contributed by atoms with Crippen LogP contribution < -0.4 is 5.32 Å². The van der Waals surface area contributed by atoms with Gasteiger partial charge >= 0.3 is 5.97 Å². The van der Waals surface area contributed by atoms with E-state index in [4.69, 9.17) is 11.2 Å². The van der Waals surface area contributed by atoms with Gasteiger partial charge < -0.3 is 10.1 Å². The predicted molar refractivity (Wildman–Crippen MR) is 95.5 cm³/mol. The van der Waals surface area contributed by atoms with Gasteiger partial charge in [0.25, 0.3) is 5.91 Å². The van der Waals surface area contributed by atoms with Gasteiger partial charge in [-0.3, -0.25) is 9.59 Å². The van der Waals surface area contributed by atoms with Gasteiger partial charge in [-0.2, -0.15) is 4.31 Å². The van der Waals surface area contributed by atoms with Crippen molar-refractivity contribution >= 4 is 21.9 Å². The molecule has 0 radical (unpaired) electrons. The summed E-state index contributed by atoms with van der Waals surface area (Å²) in [7, 11) is -3.82. The zero-order chi connectivity index (χ0) is 19.2. The second-order valence-corrected chi connectivity index (χ2v) is 7.92. The van der Waals surface area contributed by atoms with Crippen LogP contribution in [0.2, 0.25) is 0 Å². The van der Waals surface area contributed by atoms with Crippen molar-refractivity contribution in [3.8, 4) is 12.3 Å². The second-order valence-electron chi connectivity index (χ2n) is 6.03. The van der Waals surface area contributed by atoms with Gasteiger partial charge in [-0.05, 0) is 38.3 Å². The van der Waals surface area contributed by atoms with Crippen LogP contribution in [0.25, 0.3) is 0 Å². The normalized spacial score (nSPS) is 17.9. The molecule has 1 aliphatic rings. The smallest absolute Gasteiger partial charge is 0.324 e. The third kappa shape index (κ3) is 4.84. The maximum Gasteiger partial charge on any atom is 0.324 e. The van der Waals surface area contributed by atoms with E-state index < -0.39 is 34.5 Å². The van der Waals surface area contributed by atoms with E-state index in [9.17, 15) is 18.0 Å². The molecule has 7 nitrogen and oxygen atoms in total. The first kappa shape index (κ1) is 19.9. The molecule has 1 aliphatic heterocycles. The molecule has 0 spiro atoms. The number of nitrogens with zero attached hydrogens (tertiary/aromatic N) is 1. The maximum absolute atomic E-state index is 12.9. The first-order valence-electron chi connectivity index (χ1n) is 8.31. The summed E-state index contributed by atoms with van der Waals surface area (Å²) in [5.74, 6) is 0.985. The minimum Gasteiger partial charge on any atom is -0.454 e. The summed E-state index contributed by atoms with van der Waals surface area (Å²) in [6.45, 7) is 1.64. The van der Waals surface area contributed by atoms with Gasteiger partial charge in [0.1, 0.15) is 6.04 Å². The van der Waals surface area contributed by atoms with Crippen LogP contribution in [-0.4, -0.2) is 50.3 Å². The van der Waals surface area contributed by atoms with Gasteiger partial charge in [-0.1, -0.05) is 23.6 Å². The highest BCUT2D eigenvalue weighted by Crippen LogP contribution is 2.26. The lowest BCUT2D eigenvalue weighted by Gasteiger charge is -2.32. The summed E-state index contributed by atoms with van der Waals surface area (Å²) in [4.78, 5) is 24.0. The van der Waals surface area contributed by atoms with E-state index in [-0.39, 0.29) is 18.0 Å². The van der Waals surface area contributed by atoms with Crippen molar-refractivity contribution in [2.75, 3.05) is 19.7 Å². The predicted octanol–water partition coefficient (Wildman–Crippen LogP) is 0.831. The number of terminal acetylenes is 1. The number of esters is 1. The Kier molecular flexibility index (Phi) is 6.77. The first-order valence-corrected chi connectivity index (χ1v) is 9.75. The van der Waals surface area contributed by atoms with Crippen molar-refractivity contribution < 1.29 is 22.7 Å². The molecule has 1 heterocycles. The molecule has 1 atom stereocenters. The van der Waals surface area contributed by atoms with Crippen molar-refractivity contribution in [3.63, 3.8) is 0 Å². The Labute approximate surface area is 153 Å². The van der Waals surface area contributed by atoms with Gasteiger partial charge in [0, 0.05) is 6.54 Å². The molecule has 0 bridgehead atoms. The number of hydrogen-bond acceptors (Lipinski definition) is 5. The molecule has 140 valence electrons. The minimum atomic E-state index is -3.82. The average Bonchev–Trinajstić information content (AvgIpc) is 2.64. The van der Waals surface area contributed by atoms with E-state index in [1.165, 1.54) is 16.4 Å². The van der Waals surface area contributed by atoms with Crippen LogP contribution in [0.15, 0.2) is 29.2 Å². The number of carbonyl (C=O) groups is 2. The summed E-state index contributed by atoms with van der Waals surface area (Å²) in [6.07, 6.45) is 6.77.